The molecule has 0 spiro atoms. The molecule has 0 aromatic heterocycles. The number of ether oxygens (including phenoxy) is 1. The summed E-state index contributed by atoms with van der Waals surface area (Å²) in [7, 11) is -3.34. The predicted molar refractivity (Wildman–Crippen MR) is 61.1 cm³/mol. The van der Waals surface area contributed by atoms with Gasteiger partial charge in [-0.2, -0.15) is 0 Å². The van der Waals surface area contributed by atoms with E-state index in [1.807, 2.05) is 0 Å². The summed E-state index contributed by atoms with van der Waals surface area (Å²) in [4.78, 5) is 0. The molecule has 0 aliphatic heterocycles. The molecule has 0 atom stereocenters. The van der Waals surface area contributed by atoms with Crippen molar-refractivity contribution in [2.75, 3.05) is 32.1 Å². The summed E-state index contributed by atoms with van der Waals surface area (Å²) in [5.74, 6) is 0.624. The Kier molecular flexibility index (Phi) is 7.95. The first-order chi connectivity index (χ1) is 6.92. The largest absolute Gasteiger partial charge is 0.380 e. The minimum absolute atomic E-state index is 0.0288. The second-order valence-electron chi connectivity index (χ2n) is 3.91. The van der Waals surface area contributed by atoms with Crippen molar-refractivity contribution in [2.45, 2.75) is 20.3 Å². The van der Waals surface area contributed by atoms with Crippen LogP contribution in [-0.2, 0) is 14.8 Å². The summed E-state index contributed by atoms with van der Waals surface area (Å²) >= 11 is 0. The van der Waals surface area contributed by atoms with E-state index < -0.39 is 10.0 Å². The van der Waals surface area contributed by atoms with Gasteiger partial charge in [0.15, 0.2) is 0 Å². The first-order valence-corrected chi connectivity index (χ1v) is 6.92. The van der Waals surface area contributed by atoms with Crippen LogP contribution in [0.15, 0.2) is 0 Å². The summed E-state index contributed by atoms with van der Waals surface area (Å²) in [5, 5.41) is 7.78. The highest BCUT2D eigenvalue weighted by molar-refractivity contribution is 7.89. The zero-order valence-corrected chi connectivity index (χ0v) is 10.3. The van der Waals surface area contributed by atoms with Crippen LogP contribution in [-0.4, -0.2) is 40.5 Å². The summed E-state index contributed by atoms with van der Waals surface area (Å²) in [6, 6.07) is 0. The number of nitrogens with one attached hydrogen (secondary N) is 1. The van der Waals surface area contributed by atoms with Crippen LogP contribution in [0.4, 0.5) is 0 Å². The molecule has 0 rings (SSSR count). The van der Waals surface area contributed by atoms with E-state index in [-0.39, 0.29) is 5.75 Å². The number of hydrogen-bond acceptors (Lipinski definition) is 4. The van der Waals surface area contributed by atoms with E-state index in [2.05, 4.69) is 19.2 Å². The van der Waals surface area contributed by atoms with E-state index in [9.17, 15) is 8.42 Å². The van der Waals surface area contributed by atoms with Crippen LogP contribution in [0.5, 0.6) is 0 Å². The van der Waals surface area contributed by atoms with Crippen molar-refractivity contribution in [3.8, 4) is 0 Å². The third-order valence-electron chi connectivity index (χ3n) is 1.83. The smallest absolute Gasteiger partial charge is 0.210 e. The minimum atomic E-state index is -3.34. The van der Waals surface area contributed by atoms with Gasteiger partial charge in [-0.3, -0.25) is 0 Å². The number of rotatable bonds is 9. The van der Waals surface area contributed by atoms with Gasteiger partial charge in [0.1, 0.15) is 0 Å². The van der Waals surface area contributed by atoms with E-state index in [4.69, 9.17) is 9.88 Å². The fourth-order valence-electron chi connectivity index (χ4n) is 0.905. The fourth-order valence-corrected chi connectivity index (χ4v) is 1.33. The zero-order valence-electron chi connectivity index (χ0n) is 9.53. The van der Waals surface area contributed by atoms with E-state index >= 15 is 0 Å². The highest BCUT2D eigenvalue weighted by Gasteiger charge is 2.00. The van der Waals surface area contributed by atoms with Crippen molar-refractivity contribution >= 4 is 10.0 Å². The Morgan fingerprint density at radius 1 is 1.27 bits per heavy atom. The Labute approximate surface area is 92.4 Å². The molecule has 0 aromatic carbocycles. The SMILES string of the molecule is CC(C)CCOCCNCCS(N)(=O)=O. The number of hydrogen-bond donors (Lipinski definition) is 2. The van der Waals surface area contributed by atoms with Crippen LogP contribution < -0.4 is 10.5 Å². The van der Waals surface area contributed by atoms with Gasteiger partial charge in [-0.05, 0) is 12.3 Å². The van der Waals surface area contributed by atoms with Gasteiger partial charge in [-0.15, -0.1) is 0 Å². The van der Waals surface area contributed by atoms with Crippen LogP contribution >= 0.6 is 0 Å². The van der Waals surface area contributed by atoms with Crippen molar-refractivity contribution in [1.29, 1.82) is 0 Å². The lowest BCUT2D eigenvalue weighted by Gasteiger charge is -2.07. The molecular formula is C9H22N2O3S. The lowest BCUT2D eigenvalue weighted by Crippen LogP contribution is -2.29. The summed E-state index contributed by atoms with van der Waals surface area (Å²) in [6.07, 6.45) is 1.05. The van der Waals surface area contributed by atoms with Gasteiger partial charge in [0.05, 0.1) is 12.4 Å². The molecule has 0 heterocycles. The number of primary sulfonamides is 1. The molecule has 0 radical (unpaired) electrons. The molecule has 0 aromatic rings. The third-order valence-corrected chi connectivity index (χ3v) is 2.60. The molecule has 6 heteroatoms. The van der Waals surface area contributed by atoms with E-state index in [0.717, 1.165) is 13.0 Å². The second-order valence-corrected chi connectivity index (χ2v) is 5.65. The van der Waals surface area contributed by atoms with Crippen LogP contribution in [0.25, 0.3) is 0 Å². The monoisotopic (exact) mass is 238 g/mol. The van der Waals surface area contributed by atoms with E-state index in [0.29, 0.717) is 25.6 Å². The molecule has 0 aliphatic carbocycles. The molecule has 0 fully saturated rings. The molecule has 5 nitrogen and oxygen atoms in total. The van der Waals surface area contributed by atoms with Crippen molar-refractivity contribution in [1.82, 2.24) is 5.32 Å². The molecule has 0 unspecified atom stereocenters. The Balaban J connectivity index is 3.12. The Morgan fingerprint density at radius 2 is 1.93 bits per heavy atom. The molecule has 0 saturated heterocycles. The lowest BCUT2D eigenvalue weighted by molar-refractivity contribution is 0.125. The van der Waals surface area contributed by atoms with Gasteiger partial charge in [0.2, 0.25) is 10.0 Å². The van der Waals surface area contributed by atoms with Crippen LogP contribution in [0.2, 0.25) is 0 Å². The first kappa shape index (κ1) is 14.8. The van der Waals surface area contributed by atoms with Crippen molar-refractivity contribution in [3.05, 3.63) is 0 Å². The second kappa shape index (κ2) is 8.04. The zero-order chi connectivity index (χ0) is 11.7. The van der Waals surface area contributed by atoms with E-state index in [1.165, 1.54) is 0 Å². The lowest BCUT2D eigenvalue weighted by atomic mass is 10.1. The van der Waals surface area contributed by atoms with Gasteiger partial charge in [0.25, 0.3) is 0 Å². The molecule has 92 valence electrons. The summed E-state index contributed by atoms with van der Waals surface area (Å²) in [5.41, 5.74) is 0. The van der Waals surface area contributed by atoms with Crippen LogP contribution in [0.1, 0.15) is 20.3 Å². The summed E-state index contributed by atoms with van der Waals surface area (Å²) < 4.78 is 26.4. The van der Waals surface area contributed by atoms with Gasteiger partial charge in [-0.1, -0.05) is 13.8 Å². The first-order valence-electron chi connectivity index (χ1n) is 5.21. The average Bonchev–Trinajstić information content (AvgIpc) is 2.07. The number of sulfonamides is 1. The summed E-state index contributed by atoms with van der Waals surface area (Å²) in [6.45, 7) is 6.70. The molecule has 3 N–H and O–H groups in total. The maximum absolute atomic E-state index is 10.5. The normalized spacial score (nSPS) is 12.3. The van der Waals surface area contributed by atoms with Crippen molar-refractivity contribution < 1.29 is 13.2 Å². The molecule has 0 saturated carbocycles. The average molecular weight is 238 g/mol. The Bertz CT molecular complexity index is 240. The standard InChI is InChI=1S/C9H22N2O3S/c1-9(2)3-6-14-7-4-11-5-8-15(10,12)13/h9,11H,3-8H2,1-2H3,(H2,10,12,13). The van der Waals surface area contributed by atoms with Gasteiger partial charge in [-0.25, -0.2) is 13.6 Å². The van der Waals surface area contributed by atoms with Gasteiger partial charge >= 0.3 is 0 Å². The van der Waals surface area contributed by atoms with Gasteiger partial charge < -0.3 is 10.1 Å². The highest BCUT2D eigenvalue weighted by Crippen LogP contribution is 1.97. The molecule has 0 bridgehead atoms. The van der Waals surface area contributed by atoms with Crippen LogP contribution in [0.3, 0.4) is 0 Å². The maximum Gasteiger partial charge on any atom is 0.210 e. The number of nitrogens with two attached hydrogens (primary N) is 1. The molecular weight excluding hydrogens is 216 g/mol. The highest BCUT2D eigenvalue weighted by atomic mass is 32.2. The van der Waals surface area contributed by atoms with Crippen molar-refractivity contribution in [2.24, 2.45) is 11.1 Å². The fraction of sp³-hybridized carbons (Fsp3) is 1.00. The van der Waals surface area contributed by atoms with Crippen molar-refractivity contribution in [3.63, 3.8) is 0 Å². The Hall–Kier alpha value is -0.170. The molecule has 0 amide bonds. The van der Waals surface area contributed by atoms with E-state index in [1.54, 1.807) is 0 Å². The van der Waals surface area contributed by atoms with Gasteiger partial charge in [0, 0.05) is 19.7 Å². The third kappa shape index (κ3) is 13.8. The Morgan fingerprint density at radius 3 is 2.47 bits per heavy atom. The quantitative estimate of drug-likeness (QED) is 0.551. The van der Waals surface area contributed by atoms with Crippen LogP contribution in [0, 0.1) is 5.92 Å². The maximum atomic E-state index is 10.5. The topological polar surface area (TPSA) is 81.4 Å². The molecule has 0 aliphatic rings. The molecule has 15 heavy (non-hydrogen) atoms. The minimum Gasteiger partial charge on any atom is -0.380 e. The predicted octanol–water partition coefficient (Wildman–Crippen LogP) is -0.0728.